The van der Waals surface area contributed by atoms with Crippen molar-refractivity contribution in [3.63, 3.8) is 0 Å². The van der Waals surface area contributed by atoms with Crippen LogP contribution in [-0.2, 0) is 6.54 Å². The summed E-state index contributed by atoms with van der Waals surface area (Å²) in [5, 5.41) is 3.82. The number of ether oxygens (including phenoxy) is 2. The SMILES string of the molecule is NCc1nc(-c2ccc3c(c2)OCO3)no1. The molecule has 3 rings (SSSR count). The summed E-state index contributed by atoms with van der Waals surface area (Å²) >= 11 is 0. The van der Waals surface area contributed by atoms with E-state index in [9.17, 15) is 0 Å². The van der Waals surface area contributed by atoms with Crippen LogP contribution in [0.2, 0.25) is 0 Å². The molecule has 0 radical (unpaired) electrons. The molecule has 6 nitrogen and oxygen atoms in total. The van der Waals surface area contributed by atoms with Crippen LogP contribution >= 0.6 is 0 Å². The maximum atomic E-state index is 5.39. The third-order valence-corrected chi connectivity index (χ3v) is 2.27. The van der Waals surface area contributed by atoms with E-state index in [0.29, 0.717) is 17.5 Å². The molecule has 1 aliphatic heterocycles. The van der Waals surface area contributed by atoms with Crippen LogP contribution in [0.4, 0.5) is 0 Å². The predicted molar refractivity (Wildman–Crippen MR) is 53.7 cm³/mol. The van der Waals surface area contributed by atoms with Crippen LogP contribution < -0.4 is 15.2 Å². The van der Waals surface area contributed by atoms with E-state index >= 15 is 0 Å². The predicted octanol–water partition coefficient (Wildman–Crippen LogP) is 0.924. The van der Waals surface area contributed by atoms with Crippen LogP contribution in [0.5, 0.6) is 11.5 Å². The number of benzene rings is 1. The zero-order chi connectivity index (χ0) is 11.0. The Kier molecular flexibility index (Phi) is 2.00. The van der Waals surface area contributed by atoms with E-state index in [-0.39, 0.29) is 13.3 Å². The van der Waals surface area contributed by atoms with Gasteiger partial charge in [0.15, 0.2) is 11.5 Å². The zero-order valence-electron chi connectivity index (χ0n) is 8.34. The van der Waals surface area contributed by atoms with E-state index in [0.717, 1.165) is 11.3 Å². The normalized spacial score (nSPS) is 13.1. The summed E-state index contributed by atoms with van der Waals surface area (Å²) < 4.78 is 15.4. The Labute approximate surface area is 91.0 Å². The fourth-order valence-corrected chi connectivity index (χ4v) is 1.49. The lowest BCUT2D eigenvalue weighted by molar-refractivity contribution is 0.174. The van der Waals surface area contributed by atoms with E-state index in [1.54, 1.807) is 0 Å². The molecule has 1 aromatic carbocycles. The smallest absolute Gasteiger partial charge is 0.240 e. The Balaban J connectivity index is 2.00. The van der Waals surface area contributed by atoms with E-state index in [4.69, 9.17) is 19.7 Å². The van der Waals surface area contributed by atoms with Crippen molar-refractivity contribution in [2.75, 3.05) is 6.79 Å². The average molecular weight is 219 g/mol. The Hall–Kier alpha value is -2.08. The van der Waals surface area contributed by atoms with E-state index in [1.165, 1.54) is 0 Å². The molecule has 6 heteroatoms. The Morgan fingerprint density at radius 1 is 1.25 bits per heavy atom. The van der Waals surface area contributed by atoms with Crippen molar-refractivity contribution >= 4 is 0 Å². The molecule has 0 fully saturated rings. The van der Waals surface area contributed by atoms with Gasteiger partial charge in [-0.25, -0.2) is 0 Å². The van der Waals surface area contributed by atoms with Crippen molar-refractivity contribution in [1.29, 1.82) is 0 Å². The molecule has 0 unspecified atom stereocenters. The molecule has 82 valence electrons. The molecule has 2 aromatic rings. The van der Waals surface area contributed by atoms with Crippen LogP contribution in [0, 0.1) is 0 Å². The van der Waals surface area contributed by atoms with Gasteiger partial charge in [0.1, 0.15) is 0 Å². The highest BCUT2D eigenvalue weighted by atomic mass is 16.7. The Bertz CT molecular complexity index is 524. The van der Waals surface area contributed by atoms with Crippen LogP contribution in [0.3, 0.4) is 0 Å². The van der Waals surface area contributed by atoms with Crippen molar-refractivity contribution in [2.24, 2.45) is 5.73 Å². The Morgan fingerprint density at radius 3 is 2.94 bits per heavy atom. The minimum atomic E-state index is 0.234. The minimum absolute atomic E-state index is 0.234. The number of aromatic nitrogens is 2. The van der Waals surface area contributed by atoms with Crippen molar-refractivity contribution in [3.05, 3.63) is 24.1 Å². The molecule has 2 N–H and O–H groups in total. The lowest BCUT2D eigenvalue weighted by Gasteiger charge is -1.97. The molecule has 0 atom stereocenters. The lowest BCUT2D eigenvalue weighted by atomic mass is 10.2. The molecule has 1 aliphatic rings. The van der Waals surface area contributed by atoms with Gasteiger partial charge < -0.3 is 19.7 Å². The number of fused-ring (bicyclic) bond motifs is 1. The first-order valence-corrected chi connectivity index (χ1v) is 4.79. The summed E-state index contributed by atoms with van der Waals surface area (Å²) in [5.74, 6) is 2.33. The molecular formula is C10H9N3O3. The minimum Gasteiger partial charge on any atom is -0.454 e. The first-order valence-electron chi connectivity index (χ1n) is 4.79. The molecule has 0 saturated heterocycles. The van der Waals surface area contributed by atoms with Crippen LogP contribution in [0.15, 0.2) is 22.7 Å². The topological polar surface area (TPSA) is 83.4 Å². The zero-order valence-corrected chi connectivity index (χ0v) is 8.34. The summed E-state index contributed by atoms with van der Waals surface area (Å²) in [4.78, 5) is 4.13. The van der Waals surface area contributed by atoms with Gasteiger partial charge >= 0.3 is 0 Å². The molecule has 1 aromatic heterocycles. The second-order valence-corrected chi connectivity index (χ2v) is 3.28. The van der Waals surface area contributed by atoms with Crippen molar-refractivity contribution in [1.82, 2.24) is 10.1 Å². The van der Waals surface area contributed by atoms with Gasteiger partial charge in [0.05, 0.1) is 6.54 Å². The molecular weight excluding hydrogens is 210 g/mol. The molecule has 0 saturated carbocycles. The summed E-state index contributed by atoms with van der Waals surface area (Å²) in [6, 6.07) is 5.47. The monoisotopic (exact) mass is 219 g/mol. The summed E-state index contributed by atoms with van der Waals surface area (Å²) in [5.41, 5.74) is 6.20. The van der Waals surface area contributed by atoms with Crippen molar-refractivity contribution in [3.8, 4) is 22.9 Å². The number of rotatable bonds is 2. The maximum absolute atomic E-state index is 5.39. The third kappa shape index (κ3) is 1.40. The summed E-state index contributed by atoms with van der Waals surface area (Å²) in [6.45, 7) is 0.483. The number of hydrogen-bond acceptors (Lipinski definition) is 6. The molecule has 0 aliphatic carbocycles. The summed E-state index contributed by atoms with van der Waals surface area (Å²) in [7, 11) is 0. The quantitative estimate of drug-likeness (QED) is 0.808. The first-order chi connectivity index (χ1) is 7.86. The second-order valence-electron chi connectivity index (χ2n) is 3.28. The first kappa shape index (κ1) is 9.17. The van der Waals surface area contributed by atoms with Crippen molar-refractivity contribution < 1.29 is 14.0 Å². The van der Waals surface area contributed by atoms with Crippen LogP contribution in [-0.4, -0.2) is 16.9 Å². The van der Waals surface area contributed by atoms with E-state index in [2.05, 4.69) is 10.1 Å². The van der Waals surface area contributed by atoms with E-state index in [1.807, 2.05) is 18.2 Å². The number of nitrogens with two attached hydrogens (primary N) is 1. The standard InChI is InChI=1S/C10H9N3O3/c11-4-9-12-10(13-16-9)6-1-2-7-8(3-6)15-5-14-7/h1-3H,4-5,11H2. The highest BCUT2D eigenvalue weighted by Gasteiger charge is 2.16. The molecule has 0 amide bonds. The van der Waals surface area contributed by atoms with Crippen LogP contribution in [0.25, 0.3) is 11.4 Å². The van der Waals surface area contributed by atoms with Gasteiger partial charge in [0, 0.05) is 5.56 Å². The van der Waals surface area contributed by atoms with E-state index < -0.39 is 0 Å². The van der Waals surface area contributed by atoms with Crippen LogP contribution in [0.1, 0.15) is 5.89 Å². The number of hydrogen-bond donors (Lipinski definition) is 1. The highest BCUT2D eigenvalue weighted by molar-refractivity contribution is 5.61. The fraction of sp³-hybridized carbons (Fsp3) is 0.200. The molecule has 0 spiro atoms. The fourth-order valence-electron chi connectivity index (χ4n) is 1.49. The average Bonchev–Trinajstić information content (AvgIpc) is 2.96. The van der Waals surface area contributed by atoms with Crippen molar-refractivity contribution in [2.45, 2.75) is 6.54 Å². The van der Waals surface area contributed by atoms with Gasteiger partial charge in [-0.1, -0.05) is 5.16 Å². The molecule has 0 bridgehead atoms. The maximum Gasteiger partial charge on any atom is 0.240 e. The third-order valence-electron chi connectivity index (χ3n) is 2.27. The highest BCUT2D eigenvalue weighted by Crippen LogP contribution is 2.34. The van der Waals surface area contributed by atoms with Gasteiger partial charge in [-0.2, -0.15) is 4.98 Å². The van der Waals surface area contributed by atoms with Gasteiger partial charge in [0.2, 0.25) is 18.5 Å². The summed E-state index contributed by atoms with van der Waals surface area (Å²) in [6.07, 6.45) is 0. The molecule has 2 heterocycles. The van der Waals surface area contributed by atoms with Gasteiger partial charge in [-0.15, -0.1) is 0 Å². The Morgan fingerprint density at radius 2 is 2.12 bits per heavy atom. The molecule has 16 heavy (non-hydrogen) atoms. The largest absolute Gasteiger partial charge is 0.454 e. The lowest BCUT2D eigenvalue weighted by Crippen LogP contribution is -1.95. The second kappa shape index (κ2) is 3.49. The van der Waals surface area contributed by atoms with Gasteiger partial charge in [-0.05, 0) is 18.2 Å². The number of nitrogens with zero attached hydrogens (tertiary/aromatic N) is 2. The van der Waals surface area contributed by atoms with Gasteiger partial charge in [0.25, 0.3) is 0 Å². The van der Waals surface area contributed by atoms with Gasteiger partial charge in [-0.3, -0.25) is 0 Å².